The topological polar surface area (TPSA) is 71.3 Å². The van der Waals surface area contributed by atoms with Gasteiger partial charge in [0.2, 0.25) is 0 Å². The van der Waals surface area contributed by atoms with Crippen LogP contribution in [0.4, 0.5) is 0 Å². The summed E-state index contributed by atoms with van der Waals surface area (Å²) < 4.78 is 12.8. The number of phenols is 1. The van der Waals surface area contributed by atoms with Crippen LogP contribution in [0, 0.1) is 6.92 Å². The largest absolute Gasteiger partial charge is 0.507 e. The van der Waals surface area contributed by atoms with Crippen LogP contribution in [0.1, 0.15) is 121 Å². The second-order valence-electron chi connectivity index (χ2n) is 14.1. The molecule has 0 heterocycles. The standard InChI is InChI=1S/C39H55NO4/c1-11-13-22-43-34-20-18-30(37(5,6)7)24-32(34)39(42,28(4)40-26-29-17-15-16-27(3)36(29)41)33-25-31(38(8,9)10)19-21-35(33)44-23-14-12-2/h15-21,24-26,28,41-42H,11-14,22-23H2,1-10H3/t28-/m1/s1. The number of aromatic hydroxyl groups is 1. The van der Waals surface area contributed by atoms with Gasteiger partial charge in [0.15, 0.2) is 0 Å². The molecule has 0 amide bonds. The van der Waals surface area contributed by atoms with E-state index in [1.807, 2.05) is 44.2 Å². The van der Waals surface area contributed by atoms with Crippen molar-refractivity contribution in [3.05, 3.63) is 88.0 Å². The number of ether oxygens (including phenoxy) is 2. The lowest BCUT2D eigenvalue weighted by molar-refractivity contribution is 0.0519. The molecule has 44 heavy (non-hydrogen) atoms. The van der Waals surface area contributed by atoms with Gasteiger partial charge in [0.1, 0.15) is 22.8 Å². The van der Waals surface area contributed by atoms with Gasteiger partial charge in [-0.3, -0.25) is 4.99 Å². The number of para-hydroxylation sites is 1. The average Bonchev–Trinajstić information content (AvgIpc) is 2.96. The van der Waals surface area contributed by atoms with Crippen molar-refractivity contribution in [3.63, 3.8) is 0 Å². The molecular formula is C39H55NO4. The molecule has 3 rings (SSSR count). The molecular weight excluding hydrogens is 546 g/mol. The number of unbranched alkanes of at least 4 members (excludes halogenated alkanes) is 2. The van der Waals surface area contributed by atoms with E-state index in [2.05, 4.69) is 79.7 Å². The zero-order chi connectivity index (χ0) is 32.7. The van der Waals surface area contributed by atoms with Crippen molar-refractivity contribution in [2.24, 2.45) is 4.99 Å². The minimum atomic E-state index is -1.62. The zero-order valence-corrected chi connectivity index (χ0v) is 28.8. The Labute approximate surface area is 266 Å². The molecule has 0 aliphatic rings. The zero-order valence-electron chi connectivity index (χ0n) is 28.8. The van der Waals surface area contributed by atoms with E-state index < -0.39 is 11.6 Å². The lowest BCUT2D eigenvalue weighted by Gasteiger charge is -2.37. The van der Waals surface area contributed by atoms with Crippen molar-refractivity contribution in [1.29, 1.82) is 0 Å². The van der Waals surface area contributed by atoms with Gasteiger partial charge in [-0.15, -0.1) is 0 Å². The van der Waals surface area contributed by atoms with Gasteiger partial charge in [-0.1, -0.05) is 92.5 Å². The summed E-state index contributed by atoms with van der Waals surface area (Å²) in [5, 5.41) is 24.1. The molecule has 0 unspecified atom stereocenters. The van der Waals surface area contributed by atoms with Crippen LogP contribution in [-0.4, -0.2) is 35.7 Å². The van der Waals surface area contributed by atoms with Crippen LogP contribution in [0.15, 0.2) is 59.6 Å². The molecule has 240 valence electrons. The fourth-order valence-electron chi connectivity index (χ4n) is 5.17. The first-order valence-electron chi connectivity index (χ1n) is 16.2. The number of phenolic OH excluding ortho intramolecular Hbond substituents is 1. The van der Waals surface area contributed by atoms with Gasteiger partial charge in [-0.2, -0.15) is 0 Å². The smallest absolute Gasteiger partial charge is 0.144 e. The van der Waals surface area contributed by atoms with Crippen LogP contribution < -0.4 is 9.47 Å². The number of aliphatic imine (C=N–C) groups is 1. The van der Waals surface area contributed by atoms with Gasteiger partial charge in [-0.05, 0) is 84.5 Å². The Balaban J connectivity index is 2.38. The number of rotatable bonds is 13. The third-order valence-electron chi connectivity index (χ3n) is 8.33. The average molecular weight is 602 g/mol. The summed E-state index contributed by atoms with van der Waals surface area (Å²) in [6.45, 7) is 22.2. The van der Waals surface area contributed by atoms with Crippen molar-refractivity contribution in [2.75, 3.05) is 13.2 Å². The molecule has 5 nitrogen and oxygen atoms in total. The summed E-state index contributed by atoms with van der Waals surface area (Å²) in [7, 11) is 0. The first-order chi connectivity index (χ1) is 20.6. The molecule has 0 aromatic heterocycles. The van der Waals surface area contributed by atoms with Crippen molar-refractivity contribution in [1.82, 2.24) is 0 Å². The third-order valence-corrected chi connectivity index (χ3v) is 8.33. The van der Waals surface area contributed by atoms with Crippen LogP contribution >= 0.6 is 0 Å². The Kier molecular flexibility index (Phi) is 11.7. The molecule has 0 fully saturated rings. The molecule has 0 bridgehead atoms. The van der Waals surface area contributed by atoms with Crippen LogP contribution in [0.3, 0.4) is 0 Å². The molecule has 2 N–H and O–H groups in total. The van der Waals surface area contributed by atoms with Crippen molar-refractivity contribution < 1.29 is 19.7 Å². The molecule has 0 aliphatic carbocycles. The normalized spacial score (nSPS) is 13.3. The monoisotopic (exact) mass is 601 g/mol. The number of aryl methyl sites for hydroxylation is 1. The Morgan fingerprint density at radius 1 is 0.773 bits per heavy atom. The molecule has 0 saturated carbocycles. The molecule has 0 saturated heterocycles. The van der Waals surface area contributed by atoms with E-state index in [4.69, 9.17) is 14.5 Å². The summed E-state index contributed by atoms with van der Waals surface area (Å²) in [6, 6.07) is 17.2. The SMILES string of the molecule is CCCCOc1ccc(C(C)(C)C)cc1C(O)(c1cc(C(C)(C)C)ccc1OCCCC)[C@@H](C)N=Cc1cccc(C)c1O. The lowest BCUT2D eigenvalue weighted by Crippen LogP contribution is -2.39. The number of benzene rings is 3. The van der Waals surface area contributed by atoms with E-state index in [0.29, 0.717) is 41.4 Å². The van der Waals surface area contributed by atoms with Crippen LogP contribution in [0.25, 0.3) is 0 Å². The van der Waals surface area contributed by atoms with Gasteiger partial charge < -0.3 is 19.7 Å². The lowest BCUT2D eigenvalue weighted by atomic mass is 9.75. The van der Waals surface area contributed by atoms with E-state index in [-0.39, 0.29) is 16.6 Å². The molecule has 5 heteroatoms. The van der Waals surface area contributed by atoms with Crippen molar-refractivity contribution in [2.45, 2.75) is 117 Å². The summed E-state index contributed by atoms with van der Waals surface area (Å²) in [4.78, 5) is 4.93. The fourth-order valence-corrected chi connectivity index (χ4v) is 5.17. The molecule has 3 aromatic rings. The Morgan fingerprint density at radius 2 is 1.25 bits per heavy atom. The summed E-state index contributed by atoms with van der Waals surface area (Å²) in [6.07, 6.45) is 5.48. The van der Waals surface area contributed by atoms with E-state index in [0.717, 1.165) is 42.4 Å². The van der Waals surface area contributed by atoms with Crippen LogP contribution in [-0.2, 0) is 16.4 Å². The predicted molar refractivity (Wildman–Crippen MR) is 184 cm³/mol. The van der Waals surface area contributed by atoms with Crippen LogP contribution in [0.2, 0.25) is 0 Å². The highest BCUT2D eigenvalue weighted by atomic mass is 16.5. The number of aliphatic hydroxyl groups is 1. The third kappa shape index (κ3) is 8.24. The van der Waals surface area contributed by atoms with E-state index in [1.165, 1.54) is 0 Å². The molecule has 1 atom stereocenters. The maximum Gasteiger partial charge on any atom is 0.144 e. The minimum Gasteiger partial charge on any atom is -0.507 e. The first-order valence-corrected chi connectivity index (χ1v) is 16.2. The highest BCUT2D eigenvalue weighted by molar-refractivity contribution is 5.84. The summed E-state index contributed by atoms with van der Waals surface area (Å²) in [5.41, 5.74) is 2.91. The summed E-state index contributed by atoms with van der Waals surface area (Å²) in [5.74, 6) is 1.45. The predicted octanol–water partition coefficient (Wildman–Crippen LogP) is 9.40. The Bertz CT molecular complexity index is 1340. The quantitative estimate of drug-likeness (QED) is 0.151. The summed E-state index contributed by atoms with van der Waals surface area (Å²) >= 11 is 0. The number of nitrogens with zero attached hydrogens (tertiary/aromatic N) is 1. The van der Waals surface area contributed by atoms with Crippen molar-refractivity contribution >= 4 is 6.21 Å². The van der Waals surface area contributed by atoms with Gasteiger partial charge in [0.25, 0.3) is 0 Å². The molecule has 0 radical (unpaired) electrons. The maximum absolute atomic E-state index is 13.3. The van der Waals surface area contributed by atoms with Gasteiger partial charge >= 0.3 is 0 Å². The van der Waals surface area contributed by atoms with Gasteiger partial charge in [-0.25, -0.2) is 0 Å². The highest BCUT2D eigenvalue weighted by Gasteiger charge is 2.43. The Hall–Kier alpha value is -3.31. The molecule has 0 aliphatic heterocycles. The molecule has 3 aromatic carbocycles. The van der Waals surface area contributed by atoms with Crippen molar-refractivity contribution in [3.8, 4) is 17.2 Å². The fraction of sp³-hybridized carbons (Fsp3) is 0.513. The van der Waals surface area contributed by atoms with E-state index in [9.17, 15) is 10.2 Å². The number of hydrogen-bond acceptors (Lipinski definition) is 5. The van der Waals surface area contributed by atoms with Gasteiger partial charge in [0, 0.05) is 22.9 Å². The first kappa shape index (κ1) is 35.2. The Morgan fingerprint density at radius 3 is 1.68 bits per heavy atom. The van der Waals surface area contributed by atoms with E-state index in [1.54, 1.807) is 6.21 Å². The minimum absolute atomic E-state index is 0.162. The van der Waals surface area contributed by atoms with E-state index >= 15 is 0 Å². The second kappa shape index (κ2) is 14.6. The maximum atomic E-state index is 13.3. The molecule has 0 spiro atoms. The number of hydrogen-bond donors (Lipinski definition) is 2. The highest BCUT2D eigenvalue weighted by Crippen LogP contribution is 2.46. The van der Waals surface area contributed by atoms with Gasteiger partial charge in [0.05, 0.1) is 19.3 Å². The van der Waals surface area contributed by atoms with Crippen LogP contribution in [0.5, 0.6) is 17.2 Å². The second-order valence-corrected chi connectivity index (χ2v) is 14.1.